The van der Waals surface area contributed by atoms with E-state index in [0.29, 0.717) is 11.8 Å². The van der Waals surface area contributed by atoms with Crippen molar-refractivity contribution in [3.8, 4) is 0 Å². The Kier molecular flexibility index (Phi) is 6.37. The molecule has 3 fully saturated rings. The lowest BCUT2D eigenvalue weighted by atomic mass is 9.87. The number of carbonyl (C=O) groups excluding carboxylic acids is 1. The number of benzene rings is 2. The van der Waals surface area contributed by atoms with Crippen LogP contribution in [-0.2, 0) is 16.1 Å². The van der Waals surface area contributed by atoms with Gasteiger partial charge in [0.25, 0.3) is 0 Å². The van der Waals surface area contributed by atoms with Gasteiger partial charge in [-0.25, -0.2) is 0 Å². The van der Waals surface area contributed by atoms with E-state index in [1.165, 1.54) is 36.6 Å². The van der Waals surface area contributed by atoms with Crippen molar-refractivity contribution in [2.75, 3.05) is 38.2 Å². The first kappa shape index (κ1) is 22.1. The molecule has 1 aliphatic carbocycles. The minimum atomic E-state index is -0.0553. The average Bonchev–Trinajstić information content (AvgIpc) is 3.61. The molecule has 0 spiro atoms. The molecule has 1 saturated carbocycles. The Morgan fingerprint density at radius 2 is 1.69 bits per heavy atom. The van der Waals surface area contributed by atoms with Crippen molar-refractivity contribution < 1.29 is 9.53 Å². The Morgan fingerprint density at radius 3 is 2.31 bits per heavy atom. The van der Waals surface area contributed by atoms with Crippen LogP contribution >= 0.6 is 23.2 Å². The van der Waals surface area contributed by atoms with E-state index in [9.17, 15) is 4.79 Å². The Hall–Kier alpha value is -1.75. The van der Waals surface area contributed by atoms with Crippen molar-refractivity contribution in [2.45, 2.75) is 44.1 Å². The molecule has 3 aliphatic rings. The predicted octanol–water partition coefficient (Wildman–Crippen LogP) is 5.86. The summed E-state index contributed by atoms with van der Waals surface area (Å²) in [6.45, 7) is 4.80. The SMILES string of the molecule is COC(=O)C1CCN(Cc2ccc(C3CN(c4c(Cl)cccc4Cl)C3)cc2C2CC2)CC1. The second-order valence-electron chi connectivity index (χ2n) is 9.48. The molecular formula is C26H30Cl2N2O2. The molecule has 2 saturated heterocycles. The van der Waals surface area contributed by atoms with Crippen LogP contribution in [0.3, 0.4) is 0 Å². The van der Waals surface area contributed by atoms with Crippen LogP contribution in [0.1, 0.15) is 54.2 Å². The van der Waals surface area contributed by atoms with Gasteiger partial charge in [-0.1, -0.05) is 47.5 Å². The third-order valence-electron chi connectivity index (χ3n) is 7.31. The van der Waals surface area contributed by atoms with Crippen molar-refractivity contribution in [1.29, 1.82) is 0 Å². The minimum Gasteiger partial charge on any atom is -0.469 e. The van der Waals surface area contributed by atoms with Crippen LogP contribution in [0.4, 0.5) is 5.69 Å². The molecule has 170 valence electrons. The molecule has 0 amide bonds. The number of hydrogen-bond acceptors (Lipinski definition) is 4. The lowest BCUT2D eigenvalue weighted by Crippen LogP contribution is -2.45. The monoisotopic (exact) mass is 472 g/mol. The Labute approximate surface area is 200 Å². The molecule has 6 heteroatoms. The molecule has 2 aliphatic heterocycles. The number of halogens is 2. The number of rotatable bonds is 6. The summed E-state index contributed by atoms with van der Waals surface area (Å²) in [5.74, 6) is 1.24. The summed E-state index contributed by atoms with van der Waals surface area (Å²) in [6.07, 6.45) is 4.39. The van der Waals surface area contributed by atoms with Crippen molar-refractivity contribution in [2.24, 2.45) is 5.92 Å². The first-order valence-electron chi connectivity index (χ1n) is 11.7. The fraction of sp³-hybridized carbons (Fsp3) is 0.500. The lowest BCUT2D eigenvalue weighted by molar-refractivity contribution is -0.147. The predicted molar refractivity (Wildman–Crippen MR) is 130 cm³/mol. The van der Waals surface area contributed by atoms with Gasteiger partial charge in [0.05, 0.1) is 28.8 Å². The molecule has 0 unspecified atom stereocenters. The van der Waals surface area contributed by atoms with E-state index in [1.54, 1.807) is 0 Å². The number of hydrogen-bond donors (Lipinski definition) is 0. The van der Waals surface area contributed by atoms with E-state index in [2.05, 4.69) is 28.0 Å². The standard InChI is InChI=1S/C26H30Cl2N2O2/c1-32-26(31)18-9-11-29(12-10-18)14-20-8-7-19(13-22(20)17-5-6-17)21-15-30(16-21)25-23(27)3-2-4-24(25)28/h2-4,7-8,13,17-18,21H,5-6,9-12,14-16H2,1H3. The number of piperidine rings is 1. The van der Waals surface area contributed by atoms with Gasteiger partial charge in [0.2, 0.25) is 0 Å². The zero-order valence-electron chi connectivity index (χ0n) is 18.5. The molecule has 2 aromatic rings. The first-order chi connectivity index (χ1) is 15.5. The second-order valence-corrected chi connectivity index (χ2v) is 10.3. The molecule has 0 bridgehead atoms. The highest BCUT2D eigenvalue weighted by molar-refractivity contribution is 6.39. The maximum absolute atomic E-state index is 11.8. The molecule has 32 heavy (non-hydrogen) atoms. The van der Waals surface area contributed by atoms with Gasteiger partial charge in [-0.3, -0.25) is 9.69 Å². The summed E-state index contributed by atoms with van der Waals surface area (Å²) in [4.78, 5) is 16.6. The Balaban J connectivity index is 1.24. The Bertz CT molecular complexity index is 973. The van der Waals surface area contributed by atoms with Gasteiger partial charge in [-0.2, -0.15) is 0 Å². The largest absolute Gasteiger partial charge is 0.469 e. The molecule has 2 aromatic carbocycles. The lowest BCUT2D eigenvalue weighted by Gasteiger charge is -2.42. The molecule has 0 radical (unpaired) electrons. The number of esters is 1. The molecule has 0 atom stereocenters. The maximum Gasteiger partial charge on any atom is 0.308 e. The summed E-state index contributed by atoms with van der Waals surface area (Å²) in [5, 5.41) is 1.45. The van der Waals surface area contributed by atoms with Gasteiger partial charge >= 0.3 is 5.97 Å². The zero-order valence-corrected chi connectivity index (χ0v) is 20.0. The fourth-order valence-electron chi connectivity index (χ4n) is 5.18. The molecule has 0 N–H and O–H groups in total. The van der Waals surface area contributed by atoms with Gasteiger partial charge in [-0.05, 0) is 73.5 Å². The van der Waals surface area contributed by atoms with Crippen molar-refractivity contribution in [3.63, 3.8) is 0 Å². The highest BCUT2D eigenvalue weighted by Gasteiger charge is 2.33. The van der Waals surface area contributed by atoms with E-state index in [0.717, 1.165) is 61.3 Å². The summed E-state index contributed by atoms with van der Waals surface area (Å²) in [5.41, 5.74) is 5.38. The highest BCUT2D eigenvalue weighted by atomic mass is 35.5. The molecule has 2 heterocycles. The number of nitrogens with zero attached hydrogens (tertiary/aromatic N) is 2. The van der Waals surface area contributed by atoms with Gasteiger partial charge in [0, 0.05) is 25.6 Å². The van der Waals surface area contributed by atoms with Crippen molar-refractivity contribution in [1.82, 2.24) is 4.90 Å². The van der Waals surface area contributed by atoms with Crippen LogP contribution in [0, 0.1) is 5.92 Å². The molecule has 5 rings (SSSR count). The van der Waals surface area contributed by atoms with Gasteiger partial charge in [0.1, 0.15) is 0 Å². The van der Waals surface area contributed by atoms with E-state index in [4.69, 9.17) is 27.9 Å². The normalized spacial score (nSPS) is 20.3. The summed E-state index contributed by atoms with van der Waals surface area (Å²) >= 11 is 12.8. The van der Waals surface area contributed by atoms with Crippen LogP contribution in [0.15, 0.2) is 36.4 Å². The van der Waals surface area contributed by atoms with Crippen LogP contribution < -0.4 is 4.90 Å². The van der Waals surface area contributed by atoms with Crippen molar-refractivity contribution in [3.05, 3.63) is 63.1 Å². The van der Waals surface area contributed by atoms with Gasteiger partial charge in [0.15, 0.2) is 0 Å². The van der Waals surface area contributed by atoms with E-state index in [1.807, 2.05) is 18.2 Å². The smallest absolute Gasteiger partial charge is 0.308 e. The van der Waals surface area contributed by atoms with Crippen LogP contribution in [0.2, 0.25) is 10.0 Å². The van der Waals surface area contributed by atoms with Crippen LogP contribution in [0.25, 0.3) is 0 Å². The average molecular weight is 473 g/mol. The quantitative estimate of drug-likeness (QED) is 0.492. The number of ether oxygens (including phenoxy) is 1. The third kappa shape index (κ3) is 4.50. The molecule has 0 aromatic heterocycles. The topological polar surface area (TPSA) is 32.8 Å². The van der Waals surface area contributed by atoms with Crippen LogP contribution in [0.5, 0.6) is 0 Å². The number of para-hydroxylation sites is 1. The zero-order chi connectivity index (χ0) is 22.2. The van der Waals surface area contributed by atoms with E-state index < -0.39 is 0 Å². The summed E-state index contributed by atoms with van der Waals surface area (Å²) in [7, 11) is 1.49. The van der Waals surface area contributed by atoms with Crippen LogP contribution in [-0.4, -0.2) is 44.2 Å². The number of methoxy groups -OCH3 is 1. The van der Waals surface area contributed by atoms with Gasteiger partial charge in [-0.15, -0.1) is 0 Å². The molecule has 4 nitrogen and oxygen atoms in total. The van der Waals surface area contributed by atoms with E-state index >= 15 is 0 Å². The molecular weight excluding hydrogens is 443 g/mol. The second kappa shape index (κ2) is 9.24. The van der Waals surface area contributed by atoms with Crippen molar-refractivity contribution >= 4 is 34.9 Å². The van der Waals surface area contributed by atoms with Gasteiger partial charge < -0.3 is 9.64 Å². The highest BCUT2D eigenvalue weighted by Crippen LogP contribution is 2.45. The fourth-order valence-corrected chi connectivity index (χ4v) is 5.82. The number of anilines is 1. The minimum absolute atomic E-state index is 0.0553. The number of likely N-dealkylation sites (tertiary alicyclic amines) is 1. The number of carbonyl (C=O) groups is 1. The summed E-state index contributed by atoms with van der Waals surface area (Å²) < 4.78 is 4.93. The third-order valence-corrected chi connectivity index (χ3v) is 7.92. The Morgan fingerprint density at radius 1 is 1.00 bits per heavy atom. The maximum atomic E-state index is 11.8. The first-order valence-corrected chi connectivity index (χ1v) is 12.4. The summed E-state index contributed by atoms with van der Waals surface area (Å²) in [6, 6.07) is 12.8. The van der Waals surface area contributed by atoms with E-state index in [-0.39, 0.29) is 11.9 Å².